The number of likely N-dealkylation sites (tertiary alicyclic amines) is 1. The maximum atomic E-state index is 12.3. The van der Waals surface area contributed by atoms with Gasteiger partial charge < -0.3 is 9.32 Å². The van der Waals surface area contributed by atoms with E-state index < -0.39 is 0 Å². The summed E-state index contributed by atoms with van der Waals surface area (Å²) in [6, 6.07) is 5.18. The minimum atomic E-state index is -0.115. The van der Waals surface area contributed by atoms with E-state index in [4.69, 9.17) is 4.42 Å². The van der Waals surface area contributed by atoms with Crippen molar-refractivity contribution >= 4 is 22.8 Å². The highest BCUT2D eigenvalue weighted by atomic mass is 16.3. The quantitative estimate of drug-likeness (QED) is 0.784. The summed E-state index contributed by atoms with van der Waals surface area (Å²) < 4.78 is 5.38. The van der Waals surface area contributed by atoms with Crippen molar-refractivity contribution in [3.05, 3.63) is 29.7 Å². The largest absolute Gasteiger partial charge is 0.441 e. The van der Waals surface area contributed by atoms with Crippen molar-refractivity contribution in [1.82, 2.24) is 9.88 Å². The number of Topliss-reactive ketones (excluding diaryl/α,β-unsaturated/α-hetero) is 1. The van der Waals surface area contributed by atoms with Gasteiger partial charge in [0.25, 0.3) is 5.91 Å². The van der Waals surface area contributed by atoms with Crippen LogP contribution in [-0.2, 0) is 4.79 Å². The van der Waals surface area contributed by atoms with E-state index in [1.807, 2.05) is 0 Å². The van der Waals surface area contributed by atoms with Crippen LogP contribution in [0.1, 0.15) is 29.1 Å². The Kier molecular flexibility index (Phi) is 2.81. The van der Waals surface area contributed by atoms with Crippen LogP contribution in [0.5, 0.6) is 0 Å². The molecular weight excluding hydrogens is 244 g/mol. The average molecular weight is 258 g/mol. The van der Waals surface area contributed by atoms with Crippen LogP contribution in [0.2, 0.25) is 0 Å². The molecule has 0 bridgehead atoms. The number of aromatic nitrogens is 1. The smallest absolute Gasteiger partial charge is 0.254 e. The number of rotatable bonds is 1. The molecule has 1 fully saturated rings. The van der Waals surface area contributed by atoms with E-state index in [0.717, 1.165) is 6.42 Å². The Labute approximate surface area is 110 Å². The summed E-state index contributed by atoms with van der Waals surface area (Å²) in [6.07, 6.45) is 1.32. The highest BCUT2D eigenvalue weighted by Crippen LogP contribution is 2.19. The van der Waals surface area contributed by atoms with E-state index in [-0.39, 0.29) is 18.2 Å². The van der Waals surface area contributed by atoms with Gasteiger partial charge in [-0.3, -0.25) is 9.59 Å². The number of nitrogens with zero attached hydrogens (tertiary/aromatic N) is 2. The van der Waals surface area contributed by atoms with Gasteiger partial charge in [0.05, 0.1) is 6.54 Å². The minimum Gasteiger partial charge on any atom is -0.441 e. The molecule has 2 heterocycles. The first kappa shape index (κ1) is 11.9. The molecule has 1 amide bonds. The first-order chi connectivity index (χ1) is 9.13. The van der Waals surface area contributed by atoms with Crippen LogP contribution in [0.3, 0.4) is 0 Å². The monoisotopic (exact) mass is 258 g/mol. The molecule has 0 aliphatic carbocycles. The van der Waals surface area contributed by atoms with Gasteiger partial charge in [-0.1, -0.05) is 0 Å². The van der Waals surface area contributed by atoms with E-state index in [2.05, 4.69) is 4.98 Å². The standard InChI is InChI=1S/C14H14N2O3/c1-9-15-12-7-10(4-5-13(12)19-9)14(18)16-6-2-3-11(17)8-16/h4-5,7H,2-3,6,8H2,1H3. The van der Waals surface area contributed by atoms with Crippen LogP contribution in [0.25, 0.3) is 11.1 Å². The van der Waals surface area contributed by atoms with Crippen molar-refractivity contribution in [3.63, 3.8) is 0 Å². The molecular formula is C14H14N2O3. The lowest BCUT2D eigenvalue weighted by Gasteiger charge is -2.25. The number of carbonyl (C=O) groups is 2. The minimum absolute atomic E-state index is 0.115. The Bertz CT molecular complexity index is 660. The second-order valence-electron chi connectivity index (χ2n) is 4.78. The predicted octanol–water partition coefficient (Wildman–Crippen LogP) is 1.94. The van der Waals surface area contributed by atoms with Gasteiger partial charge in [0, 0.05) is 25.5 Å². The number of hydrogen-bond donors (Lipinski definition) is 0. The second-order valence-corrected chi connectivity index (χ2v) is 4.78. The van der Waals surface area contributed by atoms with Gasteiger partial charge in [0.2, 0.25) is 0 Å². The molecule has 19 heavy (non-hydrogen) atoms. The van der Waals surface area contributed by atoms with Crippen molar-refractivity contribution < 1.29 is 14.0 Å². The third kappa shape index (κ3) is 2.23. The summed E-state index contributed by atoms with van der Waals surface area (Å²) in [5, 5.41) is 0. The Balaban J connectivity index is 1.90. The summed E-state index contributed by atoms with van der Waals surface area (Å²) in [5.74, 6) is 0.585. The first-order valence-corrected chi connectivity index (χ1v) is 6.31. The van der Waals surface area contributed by atoms with Crippen LogP contribution in [-0.4, -0.2) is 34.7 Å². The van der Waals surface area contributed by atoms with Gasteiger partial charge in [-0.05, 0) is 24.6 Å². The Hall–Kier alpha value is -2.17. The number of amides is 1. The van der Waals surface area contributed by atoms with Crippen LogP contribution in [0.15, 0.2) is 22.6 Å². The van der Waals surface area contributed by atoms with Crippen molar-refractivity contribution in [1.29, 1.82) is 0 Å². The summed E-state index contributed by atoms with van der Waals surface area (Å²) in [6.45, 7) is 2.62. The van der Waals surface area contributed by atoms with Gasteiger partial charge in [0.1, 0.15) is 5.52 Å². The molecule has 1 saturated heterocycles. The molecule has 1 aliphatic rings. The third-order valence-corrected chi connectivity index (χ3v) is 3.28. The highest BCUT2D eigenvalue weighted by molar-refractivity contribution is 5.99. The molecule has 2 aromatic rings. The van der Waals surface area contributed by atoms with E-state index in [1.165, 1.54) is 0 Å². The number of carbonyl (C=O) groups excluding carboxylic acids is 2. The van der Waals surface area contributed by atoms with Crippen molar-refractivity contribution in [2.45, 2.75) is 19.8 Å². The van der Waals surface area contributed by atoms with Gasteiger partial charge in [-0.15, -0.1) is 0 Å². The molecule has 0 unspecified atom stereocenters. The summed E-state index contributed by atoms with van der Waals surface area (Å²) in [4.78, 5) is 29.5. The van der Waals surface area contributed by atoms with Gasteiger partial charge >= 0.3 is 0 Å². The molecule has 1 aliphatic heterocycles. The zero-order valence-corrected chi connectivity index (χ0v) is 10.7. The number of ketones is 1. The summed E-state index contributed by atoms with van der Waals surface area (Å²) in [5.41, 5.74) is 1.89. The van der Waals surface area contributed by atoms with E-state index in [9.17, 15) is 9.59 Å². The zero-order valence-electron chi connectivity index (χ0n) is 10.7. The SMILES string of the molecule is Cc1nc2cc(C(=O)N3CCCC(=O)C3)ccc2o1. The predicted molar refractivity (Wildman–Crippen MR) is 68.9 cm³/mol. The third-order valence-electron chi connectivity index (χ3n) is 3.28. The highest BCUT2D eigenvalue weighted by Gasteiger charge is 2.22. The maximum Gasteiger partial charge on any atom is 0.254 e. The average Bonchev–Trinajstić information content (AvgIpc) is 2.76. The Morgan fingerprint density at radius 3 is 3.05 bits per heavy atom. The van der Waals surface area contributed by atoms with Gasteiger partial charge in [-0.25, -0.2) is 4.98 Å². The van der Waals surface area contributed by atoms with E-state index in [0.29, 0.717) is 35.5 Å². The molecule has 3 rings (SSSR count). The van der Waals surface area contributed by atoms with Crippen molar-refractivity contribution in [2.75, 3.05) is 13.1 Å². The number of fused-ring (bicyclic) bond motifs is 1. The lowest BCUT2D eigenvalue weighted by atomic mass is 10.1. The Morgan fingerprint density at radius 1 is 1.42 bits per heavy atom. The molecule has 1 aromatic heterocycles. The van der Waals surface area contributed by atoms with Crippen LogP contribution < -0.4 is 0 Å². The fraction of sp³-hybridized carbons (Fsp3) is 0.357. The number of piperidine rings is 1. The number of aryl methyl sites for hydroxylation is 1. The topological polar surface area (TPSA) is 63.4 Å². The number of hydrogen-bond acceptors (Lipinski definition) is 4. The molecule has 98 valence electrons. The van der Waals surface area contributed by atoms with E-state index in [1.54, 1.807) is 30.0 Å². The molecule has 0 radical (unpaired) electrons. The molecule has 0 N–H and O–H groups in total. The van der Waals surface area contributed by atoms with Crippen molar-refractivity contribution in [2.24, 2.45) is 0 Å². The normalized spacial score (nSPS) is 16.1. The molecule has 1 aromatic carbocycles. The lowest BCUT2D eigenvalue weighted by Crippen LogP contribution is -2.40. The maximum absolute atomic E-state index is 12.3. The van der Waals surface area contributed by atoms with Crippen LogP contribution in [0, 0.1) is 6.92 Å². The molecule has 0 atom stereocenters. The van der Waals surface area contributed by atoms with Crippen LogP contribution >= 0.6 is 0 Å². The van der Waals surface area contributed by atoms with Gasteiger partial charge in [0.15, 0.2) is 17.3 Å². The Morgan fingerprint density at radius 2 is 2.26 bits per heavy atom. The van der Waals surface area contributed by atoms with Gasteiger partial charge in [-0.2, -0.15) is 0 Å². The fourth-order valence-electron chi connectivity index (χ4n) is 2.37. The lowest BCUT2D eigenvalue weighted by molar-refractivity contribution is -0.121. The van der Waals surface area contributed by atoms with Crippen LogP contribution in [0.4, 0.5) is 0 Å². The number of oxazole rings is 1. The fourth-order valence-corrected chi connectivity index (χ4v) is 2.37. The van der Waals surface area contributed by atoms with E-state index >= 15 is 0 Å². The molecule has 5 heteroatoms. The zero-order chi connectivity index (χ0) is 13.4. The second kappa shape index (κ2) is 4.50. The summed E-state index contributed by atoms with van der Waals surface area (Å²) >= 11 is 0. The first-order valence-electron chi connectivity index (χ1n) is 6.31. The number of benzene rings is 1. The summed E-state index contributed by atoms with van der Waals surface area (Å²) in [7, 11) is 0. The van der Waals surface area contributed by atoms with Crippen molar-refractivity contribution in [3.8, 4) is 0 Å². The molecule has 5 nitrogen and oxygen atoms in total. The molecule has 0 spiro atoms. The molecule has 0 saturated carbocycles.